The highest BCUT2D eigenvalue weighted by atomic mass is 32.2. The monoisotopic (exact) mass is 457 g/mol. The molecule has 3 rings (SSSR count). The summed E-state index contributed by atoms with van der Waals surface area (Å²) in [6, 6.07) is 15.3. The van der Waals surface area contributed by atoms with Gasteiger partial charge in [0.1, 0.15) is 5.75 Å². The summed E-state index contributed by atoms with van der Waals surface area (Å²) in [5, 5.41) is 8.85. The van der Waals surface area contributed by atoms with Crippen LogP contribution < -0.4 is 9.46 Å². The number of nitrogens with zero attached hydrogens (tertiary/aromatic N) is 2. The molecule has 0 spiro atoms. The molecule has 1 atom stereocenters. The lowest BCUT2D eigenvalue weighted by Gasteiger charge is -2.32. The quantitative estimate of drug-likeness (QED) is 0.619. The molecule has 1 N–H and O–H groups in total. The Balaban J connectivity index is 1.45. The van der Waals surface area contributed by atoms with E-state index < -0.39 is 10.0 Å². The SMILES string of the molecule is COc1ccc(S(=O)(=O)NCC(=O)N2CCCC(COCc3ccc(C#N)cc3)C2)cc1. The molecule has 0 bridgehead atoms. The molecule has 8 nitrogen and oxygen atoms in total. The highest BCUT2D eigenvalue weighted by Gasteiger charge is 2.25. The number of piperidine rings is 1. The molecule has 9 heteroatoms. The lowest BCUT2D eigenvalue weighted by molar-refractivity contribution is -0.132. The summed E-state index contributed by atoms with van der Waals surface area (Å²) in [6.45, 7) is 1.82. The Labute approximate surface area is 188 Å². The van der Waals surface area contributed by atoms with E-state index in [1.54, 1.807) is 29.2 Å². The Hall–Kier alpha value is -2.93. The van der Waals surface area contributed by atoms with E-state index in [0.29, 0.717) is 37.6 Å². The topological polar surface area (TPSA) is 109 Å². The van der Waals surface area contributed by atoms with Crippen molar-refractivity contribution in [1.82, 2.24) is 9.62 Å². The number of amides is 1. The number of ether oxygens (including phenoxy) is 2. The van der Waals surface area contributed by atoms with Gasteiger partial charge in [0.15, 0.2) is 0 Å². The van der Waals surface area contributed by atoms with Crippen molar-refractivity contribution >= 4 is 15.9 Å². The van der Waals surface area contributed by atoms with Crippen LogP contribution in [0.3, 0.4) is 0 Å². The molecular formula is C23H27N3O5S. The van der Waals surface area contributed by atoms with Gasteiger partial charge < -0.3 is 14.4 Å². The number of carbonyl (C=O) groups is 1. The van der Waals surface area contributed by atoms with Gasteiger partial charge in [-0.05, 0) is 60.7 Å². The molecule has 2 aromatic rings. The number of rotatable bonds is 9. The molecule has 1 aliphatic heterocycles. The van der Waals surface area contributed by atoms with Crippen LogP contribution in [0.4, 0.5) is 0 Å². The van der Waals surface area contributed by atoms with Gasteiger partial charge in [0.2, 0.25) is 15.9 Å². The van der Waals surface area contributed by atoms with Crippen LogP contribution in [0.25, 0.3) is 0 Å². The third kappa shape index (κ3) is 6.53. The number of carbonyl (C=O) groups excluding carboxylic acids is 1. The summed E-state index contributed by atoms with van der Waals surface area (Å²) in [7, 11) is -2.28. The van der Waals surface area contributed by atoms with E-state index in [1.807, 2.05) is 12.1 Å². The average molecular weight is 458 g/mol. The first kappa shape index (κ1) is 23.7. The molecule has 1 saturated heterocycles. The van der Waals surface area contributed by atoms with Gasteiger partial charge in [-0.25, -0.2) is 13.1 Å². The minimum atomic E-state index is -3.78. The zero-order valence-corrected chi connectivity index (χ0v) is 18.8. The van der Waals surface area contributed by atoms with E-state index in [-0.39, 0.29) is 23.3 Å². The Kier molecular flexibility index (Phi) is 8.22. The molecule has 0 radical (unpaired) electrons. The van der Waals surface area contributed by atoms with Crippen molar-refractivity contribution in [3.63, 3.8) is 0 Å². The fourth-order valence-electron chi connectivity index (χ4n) is 3.55. The molecular weight excluding hydrogens is 430 g/mol. The highest BCUT2D eigenvalue weighted by molar-refractivity contribution is 7.89. The Morgan fingerprint density at radius 2 is 1.91 bits per heavy atom. The van der Waals surface area contributed by atoms with Crippen molar-refractivity contribution in [2.45, 2.75) is 24.3 Å². The standard InChI is InChI=1S/C23H27N3O5S/c1-30-21-8-10-22(11-9-21)32(28,29)25-14-23(27)26-12-2-3-20(15-26)17-31-16-19-6-4-18(13-24)5-7-19/h4-11,20,25H,2-3,12,14-17H2,1H3. The summed E-state index contributed by atoms with van der Waals surface area (Å²) in [6.07, 6.45) is 1.80. The first-order valence-electron chi connectivity index (χ1n) is 10.4. The summed E-state index contributed by atoms with van der Waals surface area (Å²) >= 11 is 0. The van der Waals surface area contributed by atoms with Gasteiger partial charge >= 0.3 is 0 Å². The van der Waals surface area contributed by atoms with Crippen molar-refractivity contribution in [3.8, 4) is 11.8 Å². The third-order valence-electron chi connectivity index (χ3n) is 5.36. The van der Waals surface area contributed by atoms with Crippen LogP contribution in [-0.2, 0) is 26.2 Å². The van der Waals surface area contributed by atoms with Crippen molar-refractivity contribution in [1.29, 1.82) is 5.26 Å². The first-order valence-corrected chi connectivity index (χ1v) is 11.9. The second-order valence-corrected chi connectivity index (χ2v) is 9.44. The van der Waals surface area contributed by atoms with E-state index in [4.69, 9.17) is 14.7 Å². The van der Waals surface area contributed by atoms with Crippen LogP contribution in [0.15, 0.2) is 53.4 Å². The zero-order chi connectivity index (χ0) is 23.0. The van der Waals surface area contributed by atoms with Gasteiger partial charge in [0.25, 0.3) is 0 Å². The molecule has 0 aliphatic carbocycles. The van der Waals surface area contributed by atoms with E-state index in [2.05, 4.69) is 10.8 Å². The summed E-state index contributed by atoms with van der Waals surface area (Å²) in [5.74, 6) is 0.504. The van der Waals surface area contributed by atoms with E-state index in [1.165, 1.54) is 19.2 Å². The number of nitriles is 1. The summed E-state index contributed by atoms with van der Waals surface area (Å²) in [4.78, 5) is 14.4. The predicted octanol–water partition coefficient (Wildman–Crippen LogP) is 2.30. The highest BCUT2D eigenvalue weighted by Crippen LogP contribution is 2.18. The van der Waals surface area contributed by atoms with Crippen LogP contribution in [-0.4, -0.2) is 52.6 Å². The Bertz CT molecular complexity index is 1050. The molecule has 1 amide bonds. The average Bonchev–Trinajstić information content (AvgIpc) is 2.83. The van der Waals surface area contributed by atoms with Gasteiger partial charge in [-0.1, -0.05) is 12.1 Å². The largest absolute Gasteiger partial charge is 0.497 e. The molecule has 1 unspecified atom stereocenters. The van der Waals surface area contributed by atoms with Crippen molar-refractivity contribution in [2.75, 3.05) is 33.4 Å². The smallest absolute Gasteiger partial charge is 0.241 e. The van der Waals surface area contributed by atoms with Crippen molar-refractivity contribution < 1.29 is 22.7 Å². The summed E-state index contributed by atoms with van der Waals surface area (Å²) < 4.78 is 38.1. The van der Waals surface area contributed by atoms with Gasteiger partial charge in [-0.3, -0.25) is 4.79 Å². The summed E-state index contributed by atoms with van der Waals surface area (Å²) in [5.41, 5.74) is 1.60. The molecule has 0 saturated carbocycles. The number of sulfonamides is 1. The Morgan fingerprint density at radius 3 is 2.56 bits per heavy atom. The van der Waals surface area contributed by atoms with Crippen LogP contribution in [0.2, 0.25) is 0 Å². The second kappa shape index (κ2) is 11.1. The fraction of sp³-hybridized carbons (Fsp3) is 0.391. The number of methoxy groups -OCH3 is 1. The van der Waals surface area contributed by atoms with Crippen molar-refractivity contribution in [2.24, 2.45) is 5.92 Å². The van der Waals surface area contributed by atoms with Crippen molar-refractivity contribution in [3.05, 3.63) is 59.7 Å². The van der Waals surface area contributed by atoms with E-state index in [9.17, 15) is 13.2 Å². The molecule has 1 aliphatic rings. The van der Waals surface area contributed by atoms with Gasteiger partial charge in [0, 0.05) is 13.1 Å². The van der Waals surface area contributed by atoms with E-state index in [0.717, 1.165) is 18.4 Å². The van der Waals surface area contributed by atoms with E-state index >= 15 is 0 Å². The third-order valence-corrected chi connectivity index (χ3v) is 6.78. The number of hydrogen-bond acceptors (Lipinski definition) is 6. The number of hydrogen-bond donors (Lipinski definition) is 1. The predicted molar refractivity (Wildman–Crippen MR) is 118 cm³/mol. The van der Waals surface area contributed by atoms with Gasteiger partial charge in [-0.2, -0.15) is 5.26 Å². The lowest BCUT2D eigenvalue weighted by Crippen LogP contribution is -2.45. The normalized spacial score (nSPS) is 16.4. The number of likely N-dealkylation sites (tertiary alicyclic amines) is 1. The maximum absolute atomic E-state index is 12.6. The maximum atomic E-state index is 12.6. The lowest BCUT2D eigenvalue weighted by atomic mass is 9.99. The van der Waals surface area contributed by atoms with Crippen LogP contribution in [0.5, 0.6) is 5.75 Å². The molecule has 2 aromatic carbocycles. The molecule has 170 valence electrons. The second-order valence-electron chi connectivity index (χ2n) is 7.67. The minimum Gasteiger partial charge on any atom is -0.497 e. The molecule has 0 aromatic heterocycles. The van der Waals surface area contributed by atoms with Crippen LogP contribution in [0.1, 0.15) is 24.0 Å². The number of benzene rings is 2. The first-order chi connectivity index (χ1) is 15.4. The Morgan fingerprint density at radius 1 is 1.19 bits per heavy atom. The maximum Gasteiger partial charge on any atom is 0.241 e. The fourth-order valence-corrected chi connectivity index (χ4v) is 4.53. The molecule has 1 fully saturated rings. The van der Waals surface area contributed by atoms with Crippen LogP contribution >= 0.6 is 0 Å². The zero-order valence-electron chi connectivity index (χ0n) is 18.0. The number of nitrogens with one attached hydrogen (secondary N) is 1. The minimum absolute atomic E-state index is 0.0822. The van der Waals surface area contributed by atoms with Gasteiger partial charge in [-0.15, -0.1) is 0 Å². The van der Waals surface area contributed by atoms with Gasteiger partial charge in [0.05, 0.1) is 43.4 Å². The van der Waals surface area contributed by atoms with Crippen LogP contribution in [0, 0.1) is 17.2 Å². The molecule has 1 heterocycles. The molecule has 32 heavy (non-hydrogen) atoms.